The van der Waals surface area contributed by atoms with Gasteiger partial charge in [-0.25, -0.2) is 0 Å². The highest BCUT2D eigenvalue weighted by Gasteiger charge is 2.27. The molecule has 1 aliphatic heterocycles. The minimum Gasteiger partial charge on any atom is -0.381 e. The first kappa shape index (κ1) is 48.8. The van der Waals surface area contributed by atoms with Gasteiger partial charge in [0, 0.05) is 77.3 Å². The number of nitrogens with one attached hydrogen (secondary N) is 3. The zero-order valence-corrected chi connectivity index (χ0v) is 41.2. The molecule has 3 aromatic rings. The molecule has 3 atom stereocenters. The Morgan fingerprint density at radius 1 is 0.673 bits per heavy atom. The standard InChI is InChI=1S/C15H22BrNO2S.C15H22BrNS.C13H20BrNOS/c1-10(2)15(18)12(13-3-4-14(16)20-13)9-17-11-5-7-19-8-6-11;1-10(2)11(3)13(9-17-8-12-4-5-12)14-6-7-15(16)18-14;1-8(2)13(16)10(7-15-9(3)4)11-5-6-12(14)17-11/h3-4,10-12,17H,5-9H2,1-2H3;6-7,10,12-13,17H,3-5,8-9H2,1-2H3;5-6,8-10,15H,7H2,1-4H3/t12-;13-;10-/m101/s1. The molecule has 12 heteroatoms. The van der Waals surface area contributed by atoms with E-state index in [1.54, 1.807) is 22.7 Å². The monoisotopic (exact) mass is 1000 g/mol. The maximum atomic E-state index is 12.5. The molecule has 1 aliphatic carbocycles. The fourth-order valence-electron chi connectivity index (χ4n) is 6.14. The fraction of sp³-hybridized carbons (Fsp3) is 0.628. The van der Waals surface area contributed by atoms with Crippen LogP contribution in [0.15, 0.2) is 59.9 Å². The lowest BCUT2D eigenvalue weighted by Gasteiger charge is -2.26. The number of ketones is 2. The number of Topliss-reactive ketones (excluding diaryl/α,β-unsaturated/α-hetero) is 2. The summed E-state index contributed by atoms with van der Waals surface area (Å²) < 4.78 is 8.74. The molecule has 1 saturated carbocycles. The smallest absolute Gasteiger partial charge is 0.144 e. The Bertz CT molecular complexity index is 1590. The number of carbonyl (C=O) groups excluding carboxylic acids is 2. The molecule has 3 aromatic heterocycles. The van der Waals surface area contributed by atoms with Crippen molar-refractivity contribution in [2.24, 2.45) is 23.7 Å². The molecule has 0 spiro atoms. The van der Waals surface area contributed by atoms with Gasteiger partial charge in [0.25, 0.3) is 0 Å². The van der Waals surface area contributed by atoms with E-state index in [9.17, 15) is 9.59 Å². The summed E-state index contributed by atoms with van der Waals surface area (Å²) in [4.78, 5) is 28.4. The molecule has 3 N–H and O–H groups in total. The first-order valence-electron chi connectivity index (χ1n) is 19.8. The lowest BCUT2D eigenvalue weighted by atomic mass is 9.90. The second kappa shape index (κ2) is 25.2. The highest BCUT2D eigenvalue weighted by Crippen LogP contribution is 2.36. The number of ether oxygens (including phenoxy) is 1. The number of halogens is 3. The highest BCUT2D eigenvalue weighted by atomic mass is 79.9. The van der Waals surface area contributed by atoms with Crippen LogP contribution in [0, 0.1) is 23.7 Å². The average Bonchev–Trinajstić information content (AvgIpc) is 3.44. The predicted molar refractivity (Wildman–Crippen MR) is 249 cm³/mol. The third-order valence-electron chi connectivity index (χ3n) is 9.87. The van der Waals surface area contributed by atoms with Crippen molar-refractivity contribution >= 4 is 93.4 Å². The molecular formula is C43H64Br3N3O3S3. The van der Waals surface area contributed by atoms with Crippen molar-refractivity contribution in [3.05, 3.63) is 74.5 Å². The van der Waals surface area contributed by atoms with Crippen molar-refractivity contribution < 1.29 is 14.3 Å². The van der Waals surface area contributed by atoms with E-state index < -0.39 is 0 Å². The molecule has 2 aliphatic rings. The minimum atomic E-state index is -0.0332. The van der Waals surface area contributed by atoms with Crippen LogP contribution in [-0.2, 0) is 14.3 Å². The van der Waals surface area contributed by atoms with E-state index in [0.29, 0.717) is 35.5 Å². The van der Waals surface area contributed by atoms with Gasteiger partial charge in [-0.1, -0.05) is 67.5 Å². The van der Waals surface area contributed by atoms with E-state index >= 15 is 0 Å². The summed E-state index contributed by atoms with van der Waals surface area (Å²) in [6.07, 6.45) is 4.90. The van der Waals surface area contributed by atoms with Gasteiger partial charge in [0.1, 0.15) is 11.6 Å². The minimum absolute atomic E-state index is 0.0197. The maximum absolute atomic E-state index is 12.5. The lowest BCUT2D eigenvalue weighted by Crippen LogP contribution is -2.39. The molecule has 55 heavy (non-hydrogen) atoms. The summed E-state index contributed by atoms with van der Waals surface area (Å²) in [6, 6.07) is 13.4. The number of thiophene rings is 3. The molecule has 2 fully saturated rings. The van der Waals surface area contributed by atoms with Gasteiger partial charge in [0.05, 0.1) is 23.2 Å². The van der Waals surface area contributed by atoms with Crippen molar-refractivity contribution in [1.82, 2.24) is 16.0 Å². The summed E-state index contributed by atoms with van der Waals surface area (Å²) >= 11 is 15.6. The van der Waals surface area contributed by atoms with Crippen LogP contribution in [0.1, 0.15) is 113 Å². The van der Waals surface area contributed by atoms with Gasteiger partial charge < -0.3 is 20.7 Å². The van der Waals surface area contributed by atoms with Crippen molar-refractivity contribution in [2.75, 3.05) is 39.4 Å². The second-order valence-corrected chi connectivity index (χ2v) is 23.4. The van der Waals surface area contributed by atoms with Gasteiger partial charge in [-0.2, -0.15) is 0 Å². The van der Waals surface area contributed by atoms with Crippen LogP contribution in [0.25, 0.3) is 0 Å². The molecule has 6 nitrogen and oxygen atoms in total. The Hall–Kier alpha value is -0.540. The van der Waals surface area contributed by atoms with E-state index in [1.807, 2.05) is 57.2 Å². The van der Waals surface area contributed by atoms with Crippen LogP contribution >= 0.6 is 81.8 Å². The molecule has 5 rings (SSSR count). The van der Waals surface area contributed by atoms with Gasteiger partial charge in [-0.15, -0.1) is 34.0 Å². The molecule has 0 unspecified atom stereocenters. The Labute approximate surface area is 369 Å². The van der Waals surface area contributed by atoms with E-state index in [2.05, 4.69) is 116 Å². The van der Waals surface area contributed by atoms with Crippen LogP contribution < -0.4 is 16.0 Å². The van der Waals surface area contributed by atoms with Crippen LogP contribution in [0.5, 0.6) is 0 Å². The summed E-state index contributed by atoms with van der Waals surface area (Å²) in [6.45, 7) is 26.2. The Morgan fingerprint density at radius 3 is 1.51 bits per heavy atom. The maximum Gasteiger partial charge on any atom is 0.144 e. The lowest BCUT2D eigenvalue weighted by molar-refractivity contribution is -0.124. The van der Waals surface area contributed by atoms with Crippen molar-refractivity contribution in [3.63, 3.8) is 0 Å². The first-order chi connectivity index (χ1) is 26.1. The van der Waals surface area contributed by atoms with Crippen LogP contribution in [0.3, 0.4) is 0 Å². The molecule has 0 bridgehead atoms. The largest absolute Gasteiger partial charge is 0.381 e. The molecule has 308 valence electrons. The Kier molecular flexibility index (Phi) is 22.3. The normalized spacial score (nSPS) is 16.4. The summed E-state index contributed by atoms with van der Waals surface area (Å²) in [5.74, 6) is 2.66. The number of hydrogen-bond donors (Lipinski definition) is 3. The zero-order valence-electron chi connectivity index (χ0n) is 34.0. The predicted octanol–water partition coefficient (Wildman–Crippen LogP) is 12.2. The highest BCUT2D eigenvalue weighted by molar-refractivity contribution is 9.11. The van der Waals surface area contributed by atoms with E-state index in [0.717, 1.165) is 68.9 Å². The van der Waals surface area contributed by atoms with E-state index in [1.165, 1.54) is 33.6 Å². The van der Waals surface area contributed by atoms with Gasteiger partial charge in [0.2, 0.25) is 0 Å². The van der Waals surface area contributed by atoms with Crippen molar-refractivity contribution in [2.45, 2.75) is 111 Å². The van der Waals surface area contributed by atoms with E-state index in [-0.39, 0.29) is 23.7 Å². The molecule has 0 aromatic carbocycles. The van der Waals surface area contributed by atoms with Gasteiger partial charge in [-0.05, 0) is 128 Å². The van der Waals surface area contributed by atoms with Crippen LogP contribution in [-0.4, -0.2) is 63.0 Å². The number of carbonyl (C=O) groups is 2. The zero-order chi connectivity index (χ0) is 40.7. The molecule has 0 amide bonds. The molecule has 1 saturated heterocycles. The number of hydrogen-bond acceptors (Lipinski definition) is 9. The number of rotatable bonds is 19. The van der Waals surface area contributed by atoms with E-state index in [4.69, 9.17) is 4.74 Å². The van der Waals surface area contributed by atoms with Gasteiger partial charge in [-0.3, -0.25) is 9.59 Å². The average molecular weight is 1010 g/mol. The third-order valence-corrected chi connectivity index (χ3v) is 15.1. The van der Waals surface area contributed by atoms with Crippen molar-refractivity contribution in [1.29, 1.82) is 0 Å². The topological polar surface area (TPSA) is 79.5 Å². The molecular weight excluding hydrogens is 942 g/mol. The summed E-state index contributed by atoms with van der Waals surface area (Å²) in [5, 5.41) is 10.5. The third kappa shape index (κ3) is 17.7. The Balaban J connectivity index is 0.000000222. The van der Waals surface area contributed by atoms with Gasteiger partial charge in [0.15, 0.2) is 0 Å². The summed E-state index contributed by atoms with van der Waals surface area (Å²) in [7, 11) is 0. The Morgan fingerprint density at radius 2 is 1.13 bits per heavy atom. The quantitative estimate of drug-likeness (QED) is 0.104. The van der Waals surface area contributed by atoms with Gasteiger partial charge >= 0.3 is 0 Å². The SMILES string of the molecule is C=C(C(C)C)[C@H](CNCC1CC1)c1ccc(Br)s1.CC(C)C(=O)[C@H](CNC1CCOCC1)c1ccc(Br)s1.CC(C)NC[C@@H](C(=O)C(C)C)c1ccc(Br)s1. The fourth-order valence-corrected chi connectivity index (χ4v) is 10.8. The van der Waals surface area contributed by atoms with Crippen molar-refractivity contribution in [3.8, 4) is 0 Å². The molecule has 0 radical (unpaired) electrons. The molecule has 4 heterocycles. The van der Waals surface area contributed by atoms with Crippen LogP contribution in [0.4, 0.5) is 0 Å². The van der Waals surface area contributed by atoms with Crippen LogP contribution in [0.2, 0.25) is 0 Å². The first-order valence-corrected chi connectivity index (χ1v) is 24.7. The summed E-state index contributed by atoms with van der Waals surface area (Å²) in [5.41, 5.74) is 1.34. The second-order valence-electron chi connectivity index (χ2n) is 15.9.